The van der Waals surface area contributed by atoms with Gasteiger partial charge in [-0.25, -0.2) is 0 Å². The minimum atomic E-state index is -0.757. The van der Waals surface area contributed by atoms with Crippen LogP contribution in [0.5, 0.6) is 5.75 Å². The van der Waals surface area contributed by atoms with E-state index in [1.54, 1.807) is 0 Å². The molecule has 0 heterocycles. The largest absolute Gasteiger partial charge is 0.489 e. The Morgan fingerprint density at radius 2 is 1.49 bits per heavy atom. The molecule has 0 saturated heterocycles. The van der Waals surface area contributed by atoms with E-state index < -0.39 is 5.60 Å². The summed E-state index contributed by atoms with van der Waals surface area (Å²) >= 11 is 0. The Kier molecular flexibility index (Phi) is 6.12. The van der Waals surface area contributed by atoms with Crippen LogP contribution in [0.2, 0.25) is 0 Å². The lowest BCUT2D eigenvalue weighted by molar-refractivity contribution is -0.108. The zero-order valence-corrected chi connectivity index (χ0v) is 22.9. The van der Waals surface area contributed by atoms with E-state index in [2.05, 4.69) is 104 Å². The first-order valence-electron chi connectivity index (χ1n) is 14.7. The summed E-state index contributed by atoms with van der Waals surface area (Å²) in [6.07, 6.45) is 6.52. The van der Waals surface area contributed by atoms with Crippen molar-refractivity contribution < 1.29 is 9.84 Å². The summed E-state index contributed by atoms with van der Waals surface area (Å²) in [4.78, 5) is 0. The molecule has 0 aromatic heterocycles. The Morgan fingerprint density at radius 3 is 2.26 bits per heavy atom. The molecule has 4 aromatic rings. The van der Waals surface area contributed by atoms with Crippen molar-refractivity contribution in [2.75, 3.05) is 0 Å². The number of benzene rings is 4. The summed E-state index contributed by atoms with van der Waals surface area (Å²) in [6, 6.07) is 36.5. The van der Waals surface area contributed by atoms with Gasteiger partial charge in [0.15, 0.2) is 0 Å². The van der Waals surface area contributed by atoms with Crippen molar-refractivity contribution in [3.05, 3.63) is 125 Å². The van der Waals surface area contributed by atoms with E-state index in [1.165, 1.54) is 34.2 Å². The Labute approximate surface area is 232 Å². The number of hydrogen-bond donors (Lipinski definition) is 1. The summed E-state index contributed by atoms with van der Waals surface area (Å²) in [5.74, 6) is 2.77. The quantitative estimate of drug-likeness (QED) is 0.289. The fourth-order valence-corrected chi connectivity index (χ4v) is 8.45. The van der Waals surface area contributed by atoms with Crippen LogP contribution in [0.1, 0.15) is 67.2 Å². The van der Waals surface area contributed by atoms with Crippen LogP contribution < -0.4 is 4.74 Å². The first kappa shape index (κ1) is 24.7. The molecule has 198 valence electrons. The highest BCUT2D eigenvalue weighted by atomic mass is 16.5. The molecule has 2 heteroatoms. The third kappa shape index (κ3) is 4.12. The topological polar surface area (TPSA) is 29.5 Å². The van der Waals surface area contributed by atoms with Crippen LogP contribution >= 0.6 is 0 Å². The third-order valence-electron chi connectivity index (χ3n) is 10.6. The molecule has 3 unspecified atom stereocenters. The van der Waals surface area contributed by atoms with Gasteiger partial charge in [-0.3, -0.25) is 0 Å². The van der Waals surface area contributed by atoms with Gasteiger partial charge in [0.05, 0.1) is 5.60 Å². The van der Waals surface area contributed by atoms with Gasteiger partial charge < -0.3 is 9.84 Å². The van der Waals surface area contributed by atoms with Gasteiger partial charge in [0.2, 0.25) is 0 Å². The maximum Gasteiger partial charge on any atom is 0.120 e. The molecule has 2 saturated carbocycles. The van der Waals surface area contributed by atoms with E-state index >= 15 is 0 Å². The zero-order chi connectivity index (χ0) is 26.5. The number of rotatable bonds is 5. The van der Waals surface area contributed by atoms with Gasteiger partial charge >= 0.3 is 0 Å². The van der Waals surface area contributed by atoms with E-state index in [4.69, 9.17) is 4.74 Å². The number of ether oxygens (including phenoxy) is 1. The fraction of sp³-hybridized carbons (Fsp3) is 0.351. The van der Waals surface area contributed by atoms with Crippen LogP contribution in [0, 0.1) is 17.3 Å². The van der Waals surface area contributed by atoms with E-state index in [0.717, 1.165) is 43.4 Å². The molecule has 3 aliphatic carbocycles. The molecule has 7 rings (SSSR count). The molecule has 4 aromatic carbocycles. The Balaban J connectivity index is 1.10. The van der Waals surface area contributed by atoms with Gasteiger partial charge in [-0.05, 0) is 102 Å². The number of aliphatic hydroxyl groups is 1. The molecular formula is C37H38O2. The van der Waals surface area contributed by atoms with Gasteiger partial charge in [0, 0.05) is 5.41 Å². The molecule has 2 nitrogen and oxygen atoms in total. The molecule has 0 aliphatic heterocycles. The van der Waals surface area contributed by atoms with Crippen LogP contribution in [0.4, 0.5) is 0 Å². The average molecular weight is 515 g/mol. The molecular weight excluding hydrogens is 476 g/mol. The van der Waals surface area contributed by atoms with Crippen molar-refractivity contribution >= 4 is 0 Å². The van der Waals surface area contributed by atoms with Crippen molar-refractivity contribution in [3.8, 4) is 16.9 Å². The first-order chi connectivity index (χ1) is 19.0. The molecule has 0 bridgehead atoms. The molecule has 2 fully saturated rings. The maximum atomic E-state index is 12.3. The normalized spacial score (nSPS) is 29.2. The number of fused-ring (bicyclic) bond motifs is 5. The summed E-state index contributed by atoms with van der Waals surface area (Å²) < 4.78 is 6.16. The predicted molar refractivity (Wildman–Crippen MR) is 158 cm³/mol. The monoisotopic (exact) mass is 514 g/mol. The highest BCUT2D eigenvalue weighted by Crippen LogP contribution is 2.67. The van der Waals surface area contributed by atoms with Crippen LogP contribution in [-0.2, 0) is 18.6 Å². The molecule has 0 radical (unpaired) electrons. The second-order valence-electron chi connectivity index (χ2n) is 12.3. The van der Waals surface area contributed by atoms with Crippen LogP contribution in [-0.4, -0.2) is 5.11 Å². The third-order valence-corrected chi connectivity index (χ3v) is 10.6. The zero-order valence-electron chi connectivity index (χ0n) is 22.9. The van der Waals surface area contributed by atoms with Gasteiger partial charge in [0.25, 0.3) is 0 Å². The van der Waals surface area contributed by atoms with Gasteiger partial charge in [-0.15, -0.1) is 0 Å². The Bertz CT molecular complexity index is 1440. The van der Waals surface area contributed by atoms with Crippen LogP contribution in [0.15, 0.2) is 103 Å². The lowest BCUT2D eigenvalue weighted by Crippen LogP contribution is -2.49. The van der Waals surface area contributed by atoms with E-state index in [0.29, 0.717) is 24.4 Å². The lowest BCUT2D eigenvalue weighted by Gasteiger charge is -2.53. The molecule has 0 spiro atoms. The maximum absolute atomic E-state index is 12.3. The van der Waals surface area contributed by atoms with Gasteiger partial charge in [-0.2, -0.15) is 0 Å². The molecule has 3 aliphatic rings. The number of aryl methyl sites for hydroxylation is 1. The summed E-state index contributed by atoms with van der Waals surface area (Å²) in [7, 11) is 0. The highest BCUT2D eigenvalue weighted by molar-refractivity contribution is 5.63. The van der Waals surface area contributed by atoms with Crippen molar-refractivity contribution in [2.24, 2.45) is 17.3 Å². The van der Waals surface area contributed by atoms with E-state index in [1.807, 2.05) is 6.07 Å². The van der Waals surface area contributed by atoms with Crippen molar-refractivity contribution in [1.29, 1.82) is 0 Å². The number of hydrogen-bond acceptors (Lipinski definition) is 2. The second-order valence-corrected chi connectivity index (χ2v) is 12.3. The smallest absolute Gasteiger partial charge is 0.120 e. The minimum absolute atomic E-state index is 0.0847. The lowest BCUT2D eigenvalue weighted by atomic mass is 9.52. The van der Waals surface area contributed by atoms with E-state index in [-0.39, 0.29) is 5.41 Å². The summed E-state index contributed by atoms with van der Waals surface area (Å²) in [5.41, 5.74) is 6.89. The second kappa shape index (κ2) is 9.68. The van der Waals surface area contributed by atoms with Crippen LogP contribution in [0.25, 0.3) is 11.1 Å². The molecule has 0 amide bonds. The first-order valence-corrected chi connectivity index (χ1v) is 14.7. The average Bonchev–Trinajstić information content (AvgIpc) is 3.28. The van der Waals surface area contributed by atoms with E-state index in [9.17, 15) is 5.11 Å². The van der Waals surface area contributed by atoms with Crippen molar-refractivity contribution in [2.45, 2.75) is 63.6 Å². The van der Waals surface area contributed by atoms with Gasteiger partial charge in [0.1, 0.15) is 12.4 Å². The summed E-state index contributed by atoms with van der Waals surface area (Å²) in [5, 5.41) is 12.3. The van der Waals surface area contributed by atoms with Crippen LogP contribution in [0.3, 0.4) is 0 Å². The Hall–Kier alpha value is -3.36. The molecule has 5 atom stereocenters. The standard InChI is InChI=1S/C37H38O2/c1-36-22-20-33-32-19-17-31(39-25-26-8-4-2-5-9-26)24-29(32)14-18-34(33)35(36)21-23-37(36,38)30-15-12-28(13-16-30)27-10-6-3-7-11-27/h2-13,15-17,19,24,33-35,38H,14,18,20-23,25H2,1H3/t33?,34?,35?,36-,37+/m0/s1. The highest BCUT2D eigenvalue weighted by Gasteiger charge is 2.62. The molecule has 39 heavy (non-hydrogen) atoms. The fourth-order valence-electron chi connectivity index (χ4n) is 8.45. The Morgan fingerprint density at radius 1 is 0.769 bits per heavy atom. The van der Waals surface area contributed by atoms with Crippen molar-refractivity contribution in [1.82, 2.24) is 0 Å². The van der Waals surface area contributed by atoms with Crippen molar-refractivity contribution in [3.63, 3.8) is 0 Å². The molecule has 1 N–H and O–H groups in total. The SMILES string of the molecule is C[C@]12CCC3c4ccc(OCc5ccccc5)cc4CCC3C1CC[C@@]2(O)c1ccc(-c2ccccc2)cc1. The minimum Gasteiger partial charge on any atom is -0.489 e. The summed E-state index contributed by atoms with van der Waals surface area (Å²) in [6.45, 7) is 3.00. The predicted octanol–water partition coefficient (Wildman–Crippen LogP) is 8.68. The van der Waals surface area contributed by atoms with Gasteiger partial charge in [-0.1, -0.05) is 97.9 Å².